The molecular formula is C9H13N5O4. The first-order valence-electron chi connectivity index (χ1n) is 5.28. The van der Waals surface area contributed by atoms with Gasteiger partial charge in [-0.25, -0.2) is 0 Å². The average Bonchev–Trinajstić information content (AvgIpc) is 2.67. The summed E-state index contributed by atoms with van der Waals surface area (Å²) in [5.41, 5.74) is 5.39. The van der Waals surface area contributed by atoms with Crippen LogP contribution in [0, 0.1) is 0 Å². The number of carbonyl (C=O) groups excluding carboxylic acids is 1. The molecule has 0 saturated carbocycles. The molecule has 9 heteroatoms. The molecule has 0 aromatic carbocycles. The van der Waals surface area contributed by atoms with E-state index in [4.69, 9.17) is 20.7 Å². The van der Waals surface area contributed by atoms with Crippen molar-refractivity contribution < 1.29 is 19.7 Å². The summed E-state index contributed by atoms with van der Waals surface area (Å²) in [4.78, 5) is 24.4. The maximum Gasteiger partial charge on any atom is 0.281 e. The Morgan fingerprint density at radius 3 is 3.00 bits per heavy atom. The van der Waals surface area contributed by atoms with Gasteiger partial charge in [0, 0.05) is 6.42 Å². The van der Waals surface area contributed by atoms with Gasteiger partial charge in [-0.3, -0.25) is 14.7 Å². The van der Waals surface area contributed by atoms with Crippen LogP contribution < -0.4 is 5.73 Å². The fourth-order valence-corrected chi connectivity index (χ4v) is 1.50. The highest BCUT2D eigenvalue weighted by Gasteiger charge is 2.35. The second kappa shape index (κ2) is 5.21. The molecular weight excluding hydrogens is 242 g/mol. The van der Waals surface area contributed by atoms with Gasteiger partial charge in [0.25, 0.3) is 5.91 Å². The number of hydrogen-bond donors (Lipinski definition) is 3. The molecule has 0 saturated heterocycles. The molecule has 0 radical (unpaired) electrons. The summed E-state index contributed by atoms with van der Waals surface area (Å²) >= 11 is 0. The zero-order chi connectivity index (χ0) is 13.1. The number of aliphatic hydroxyl groups is 2. The summed E-state index contributed by atoms with van der Waals surface area (Å²) in [6.07, 6.45) is 0.121. The van der Waals surface area contributed by atoms with Gasteiger partial charge in [0.1, 0.15) is 6.73 Å². The zero-order valence-electron chi connectivity index (χ0n) is 9.43. The Balaban J connectivity index is 1.90. The van der Waals surface area contributed by atoms with Crippen molar-refractivity contribution in [3.8, 4) is 0 Å². The number of guanidine groups is 1. The van der Waals surface area contributed by atoms with Crippen molar-refractivity contribution in [3.63, 3.8) is 0 Å². The number of hydrogen-bond acceptors (Lipinski definition) is 8. The molecule has 98 valence electrons. The number of carbonyl (C=O) groups is 1. The van der Waals surface area contributed by atoms with E-state index < -0.39 is 18.2 Å². The number of amides is 1. The van der Waals surface area contributed by atoms with Crippen molar-refractivity contribution in [3.05, 3.63) is 0 Å². The van der Waals surface area contributed by atoms with E-state index in [1.54, 1.807) is 0 Å². The SMILES string of the molecule is NC1=NC(=O)C2N=CN(COCCC(O)O)C2=N1. The number of amidine groups is 1. The van der Waals surface area contributed by atoms with E-state index in [1.807, 2.05) is 0 Å². The summed E-state index contributed by atoms with van der Waals surface area (Å²) in [5.74, 6) is -0.188. The van der Waals surface area contributed by atoms with Gasteiger partial charge in [-0.05, 0) is 0 Å². The fourth-order valence-electron chi connectivity index (χ4n) is 1.50. The summed E-state index contributed by atoms with van der Waals surface area (Å²) in [5, 5.41) is 17.3. The molecule has 1 atom stereocenters. The first kappa shape index (κ1) is 12.6. The van der Waals surface area contributed by atoms with Crippen molar-refractivity contribution in [2.75, 3.05) is 13.3 Å². The molecule has 0 aromatic rings. The lowest BCUT2D eigenvalue weighted by Gasteiger charge is -2.19. The van der Waals surface area contributed by atoms with Gasteiger partial charge in [0.05, 0.1) is 12.9 Å². The van der Waals surface area contributed by atoms with E-state index in [0.717, 1.165) is 0 Å². The second-order valence-electron chi connectivity index (χ2n) is 3.72. The maximum absolute atomic E-state index is 11.5. The zero-order valence-corrected chi connectivity index (χ0v) is 9.43. The van der Waals surface area contributed by atoms with Gasteiger partial charge in [0.15, 0.2) is 18.2 Å². The van der Waals surface area contributed by atoms with Crippen molar-refractivity contribution in [2.45, 2.75) is 18.8 Å². The molecule has 2 heterocycles. The van der Waals surface area contributed by atoms with Crippen LogP contribution in [0.5, 0.6) is 0 Å². The van der Waals surface area contributed by atoms with Crippen LogP contribution in [0.3, 0.4) is 0 Å². The fraction of sp³-hybridized carbons (Fsp3) is 0.556. The summed E-state index contributed by atoms with van der Waals surface area (Å²) < 4.78 is 5.19. The standard InChI is InChI=1S/C9H13N5O4/c10-9-12-7-6(8(17)13-9)11-3-14(7)4-18-2-1-5(15)16/h3,5-6,15-16H,1-2,4H2,(H2,10,13,17). The molecule has 2 rings (SSSR count). The van der Waals surface area contributed by atoms with Crippen LogP contribution in [0.1, 0.15) is 6.42 Å². The van der Waals surface area contributed by atoms with Gasteiger partial charge in [-0.15, -0.1) is 0 Å². The molecule has 18 heavy (non-hydrogen) atoms. The van der Waals surface area contributed by atoms with Crippen molar-refractivity contribution in [1.29, 1.82) is 0 Å². The van der Waals surface area contributed by atoms with Gasteiger partial charge in [-0.1, -0.05) is 0 Å². The number of fused-ring (bicyclic) bond motifs is 1. The van der Waals surface area contributed by atoms with Crippen LogP contribution in [-0.4, -0.2) is 64.8 Å². The largest absolute Gasteiger partial charge is 0.368 e. The molecule has 2 aliphatic heterocycles. The van der Waals surface area contributed by atoms with Crippen molar-refractivity contribution >= 4 is 24.0 Å². The smallest absolute Gasteiger partial charge is 0.281 e. The maximum atomic E-state index is 11.5. The lowest BCUT2D eigenvalue weighted by molar-refractivity contribution is -0.117. The van der Waals surface area contributed by atoms with Gasteiger partial charge in [0.2, 0.25) is 5.96 Å². The lowest BCUT2D eigenvalue weighted by Crippen LogP contribution is -2.41. The third-order valence-corrected chi connectivity index (χ3v) is 2.33. The van der Waals surface area contributed by atoms with Crippen molar-refractivity contribution in [2.24, 2.45) is 20.7 Å². The van der Waals surface area contributed by atoms with Crippen LogP contribution in [-0.2, 0) is 9.53 Å². The topological polar surface area (TPSA) is 133 Å². The minimum Gasteiger partial charge on any atom is -0.368 e. The minimum absolute atomic E-state index is 0.101. The van der Waals surface area contributed by atoms with Gasteiger partial charge >= 0.3 is 0 Å². The Morgan fingerprint density at radius 2 is 2.28 bits per heavy atom. The van der Waals surface area contributed by atoms with E-state index in [9.17, 15) is 4.79 Å². The van der Waals surface area contributed by atoms with E-state index in [1.165, 1.54) is 11.2 Å². The van der Waals surface area contributed by atoms with Gasteiger partial charge in [-0.2, -0.15) is 9.98 Å². The third-order valence-electron chi connectivity index (χ3n) is 2.33. The number of nitrogens with two attached hydrogens (primary N) is 1. The number of aliphatic hydroxyl groups excluding tert-OH is 1. The first-order valence-corrected chi connectivity index (χ1v) is 5.28. The molecule has 0 spiro atoms. The Hall–Kier alpha value is -1.84. The van der Waals surface area contributed by atoms with Crippen LogP contribution in [0.25, 0.3) is 0 Å². The Labute approximate surface area is 102 Å². The number of rotatable bonds is 5. The lowest BCUT2D eigenvalue weighted by atomic mass is 10.2. The minimum atomic E-state index is -1.40. The number of ether oxygens (including phenoxy) is 1. The molecule has 1 amide bonds. The van der Waals surface area contributed by atoms with Crippen LogP contribution in [0.4, 0.5) is 0 Å². The summed E-state index contributed by atoms with van der Waals surface area (Å²) in [6.45, 7) is 0.267. The highest BCUT2D eigenvalue weighted by Crippen LogP contribution is 2.13. The van der Waals surface area contributed by atoms with E-state index in [-0.39, 0.29) is 25.7 Å². The number of nitrogens with zero attached hydrogens (tertiary/aromatic N) is 4. The second-order valence-corrected chi connectivity index (χ2v) is 3.72. The van der Waals surface area contributed by atoms with Gasteiger partial charge < -0.3 is 20.7 Å². The Morgan fingerprint density at radius 1 is 1.50 bits per heavy atom. The molecule has 1 unspecified atom stereocenters. The van der Waals surface area contributed by atoms with Crippen LogP contribution in [0.15, 0.2) is 15.0 Å². The van der Waals surface area contributed by atoms with E-state index >= 15 is 0 Å². The summed E-state index contributed by atoms with van der Waals surface area (Å²) in [6, 6.07) is -0.746. The molecule has 0 fully saturated rings. The highest BCUT2D eigenvalue weighted by molar-refractivity contribution is 6.21. The molecule has 0 aromatic heterocycles. The first-order chi connectivity index (χ1) is 8.58. The quantitative estimate of drug-likeness (QED) is 0.371. The Bertz CT molecular complexity index is 431. The molecule has 0 bridgehead atoms. The number of aliphatic imine (C=N–C) groups is 3. The highest BCUT2D eigenvalue weighted by atomic mass is 16.5. The third kappa shape index (κ3) is 2.70. The predicted molar refractivity (Wildman–Crippen MR) is 61.8 cm³/mol. The van der Waals surface area contributed by atoms with E-state index in [2.05, 4.69) is 15.0 Å². The van der Waals surface area contributed by atoms with Crippen LogP contribution in [0.2, 0.25) is 0 Å². The van der Waals surface area contributed by atoms with E-state index in [0.29, 0.717) is 5.84 Å². The molecule has 0 aliphatic carbocycles. The monoisotopic (exact) mass is 255 g/mol. The predicted octanol–water partition coefficient (Wildman–Crippen LogP) is -2.37. The molecule has 9 nitrogen and oxygen atoms in total. The average molecular weight is 255 g/mol. The van der Waals surface area contributed by atoms with Crippen LogP contribution >= 0.6 is 0 Å². The molecule has 2 aliphatic rings. The Kier molecular flexibility index (Phi) is 3.65. The summed E-state index contributed by atoms with van der Waals surface area (Å²) in [7, 11) is 0. The molecule has 4 N–H and O–H groups in total. The van der Waals surface area contributed by atoms with Crippen molar-refractivity contribution in [1.82, 2.24) is 4.90 Å². The normalized spacial score (nSPS) is 22.3.